The summed E-state index contributed by atoms with van der Waals surface area (Å²) in [5.41, 5.74) is 0.708. The average Bonchev–Trinajstić information content (AvgIpc) is 2.90. The van der Waals surface area contributed by atoms with Gasteiger partial charge in [-0.3, -0.25) is 4.79 Å². The zero-order valence-corrected chi connectivity index (χ0v) is 12.1. The second-order valence-corrected chi connectivity index (χ2v) is 4.58. The highest BCUT2D eigenvalue weighted by Gasteiger charge is 2.29. The molecule has 2 aromatic rings. The summed E-state index contributed by atoms with van der Waals surface area (Å²) in [7, 11) is 0. The molecule has 20 heavy (non-hydrogen) atoms. The molecule has 0 N–H and O–H groups in total. The molecule has 0 aliphatic rings. The van der Waals surface area contributed by atoms with E-state index in [0.29, 0.717) is 22.8 Å². The van der Waals surface area contributed by atoms with E-state index in [1.54, 1.807) is 31.2 Å². The third-order valence-electron chi connectivity index (χ3n) is 2.77. The first kappa shape index (κ1) is 14.5. The SMILES string of the molecule is CCOC(=O)C(c1ccc(Cl)cc1)c1nc(CC)no1. The Morgan fingerprint density at radius 2 is 2.05 bits per heavy atom. The zero-order chi connectivity index (χ0) is 14.5. The highest BCUT2D eigenvalue weighted by Crippen LogP contribution is 2.26. The Balaban J connectivity index is 2.38. The zero-order valence-electron chi connectivity index (χ0n) is 11.3. The third-order valence-corrected chi connectivity index (χ3v) is 3.02. The van der Waals surface area contributed by atoms with Gasteiger partial charge in [0.25, 0.3) is 0 Å². The van der Waals surface area contributed by atoms with E-state index in [0.717, 1.165) is 0 Å². The number of carbonyl (C=O) groups is 1. The maximum atomic E-state index is 12.1. The fourth-order valence-corrected chi connectivity index (χ4v) is 1.91. The Bertz CT molecular complexity index is 580. The maximum absolute atomic E-state index is 12.1. The largest absolute Gasteiger partial charge is 0.465 e. The molecule has 0 saturated heterocycles. The molecule has 1 heterocycles. The average molecular weight is 295 g/mol. The fourth-order valence-electron chi connectivity index (χ4n) is 1.79. The molecular formula is C14H15ClN2O3. The molecule has 0 fully saturated rings. The predicted octanol–water partition coefficient (Wildman–Crippen LogP) is 2.98. The minimum absolute atomic E-state index is 0.239. The maximum Gasteiger partial charge on any atom is 0.323 e. The van der Waals surface area contributed by atoms with Gasteiger partial charge in [0, 0.05) is 11.4 Å². The van der Waals surface area contributed by atoms with Crippen molar-refractivity contribution in [1.29, 1.82) is 0 Å². The monoisotopic (exact) mass is 294 g/mol. The van der Waals surface area contributed by atoms with Crippen molar-refractivity contribution in [3.8, 4) is 0 Å². The number of aryl methyl sites for hydroxylation is 1. The molecule has 1 aromatic carbocycles. The minimum atomic E-state index is -0.722. The molecule has 2 rings (SSSR count). The van der Waals surface area contributed by atoms with E-state index < -0.39 is 11.9 Å². The summed E-state index contributed by atoms with van der Waals surface area (Å²) in [6.45, 7) is 3.95. The molecule has 106 valence electrons. The van der Waals surface area contributed by atoms with E-state index in [-0.39, 0.29) is 12.5 Å². The summed E-state index contributed by atoms with van der Waals surface area (Å²) in [6.07, 6.45) is 0.639. The van der Waals surface area contributed by atoms with Gasteiger partial charge in [-0.2, -0.15) is 4.98 Å². The summed E-state index contributed by atoms with van der Waals surface area (Å²) in [6, 6.07) is 6.92. The number of esters is 1. The number of halogens is 1. The summed E-state index contributed by atoms with van der Waals surface area (Å²) < 4.78 is 10.3. The van der Waals surface area contributed by atoms with Gasteiger partial charge in [0.2, 0.25) is 5.89 Å². The molecule has 0 saturated carbocycles. The van der Waals surface area contributed by atoms with Gasteiger partial charge in [-0.1, -0.05) is 35.8 Å². The van der Waals surface area contributed by atoms with Crippen LogP contribution in [0.25, 0.3) is 0 Å². The summed E-state index contributed by atoms with van der Waals surface area (Å²) >= 11 is 5.86. The van der Waals surface area contributed by atoms with Crippen LogP contribution in [0, 0.1) is 0 Å². The summed E-state index contributed by atoms with van der Waals surface area (Å²) in [5, 5.41) is 4.41. The van der Waals surface area contributed by atoms with Gasteiger partial charge in [-0.05, 0) is 24.6 Å². The number of aromatic nitrogens is 2. The molecule has 5 nitrogen and oxygen atoms in total. The van der Waals surface area contributed by atoms with Gasteiger partial charge < -0.3 is 9.26 Å². The van der Waals surface area contributed by atoms with Crippen molar-refractivity contribution in [2.45, 2.75) is 26.2 Å². The van der Waals surface area contributed by atoms with Crippen molar-refractivity contribution >= 4 is 17.6 Å². The van der Waals surface area contributed by atoms with Gasteiger partial charge in [0.1, 0.15) is 0 Å². The quantitative estimate of drug-likeness (QED) is 0.793. The van der Waals surface area contributed by atoms with E-state index in [1.165, 1.54) is 0 Å². The number of hydrogen-bond donors (Lipinski definition) is 0. The van der Waals surface area contributed by atoms with Crippen LogP contribution >= 0.6 is 11.6 Å². The Kier molecular flexibility index (Phi) is 4.74. The van der Waals surface area contributed by atoms with E-state index in [2.05, 4.69) is 10.1 Å². The highest BCUT2D eigenvalue weighted by molar-refractivity contribution is 6.30. The Morgan fingerprint density at radius 1 is 1.35 bits per heavy atom. The number of hydrogen-bond acceptors (Lipinski definition) is 5. The van der Waals surface area contributed by atoms with Gasteiger partial charge in [0.15, 0.2) is 11.7 Å². The first-order chi connectivity index (χ1) is 9.65. The molecule has 0 bridgehead atoms. The lowest BCUT2D eigenvalue weighted by Crippen LogP contribution is -2.17. The molecule has 1 atom stereocenters. The van der Waals surface area contributed by atoms with E-state index in [9.17, 15) is 4.79 Å². The first-order valence-electron chi connectivity index (χ1n) is 6.40. The van der Waals surface area contributed by atoms with E-state index in [4.69, 9.17) is 20.9 Å². The molecule has 6 heteroatoms. The minimum Gasteiger partial charge on any atom is -0.465 e. The molecule has 0 amide bonds. The Hall–Kier alpha value is -1.88. The predicted molar refractivity (Wildman–Crippen MR) is 73.6 cm³/mol. The van der Waals surface area contributed by atoms with Crippen LogP contribution in [-0.2, 0) is 16.0 Å². The first-order valence-corrected chi connectivity index (χ1v) is 6.78. The standard InChI is InChI=1S/C14H15ClN2O3/c1-3-11-16-13(20-17-11)12(14(18)19-4-2)9-5-7-10(15)8-6-9/h5-8,12H,3-4H2,1-2H3. The van der Waals surface area contributed by atoms with Crippen LogP contribution in [0.2, 0.25) is 5.02 Å². The van der Waals surface area contributed by atoms with Crippen LogP contribution in [0.1, 0.15) is 37.0 Å². The molecule has 1 unspecified atom stereocenters. The molecule has 0 radical (unpaired) electrons. The van der Waals surface area contributed by atoms with Crippen molar-refractivity contribution in [2.75, 3.05) is 6.61 Å². The second-order valence-electron chi connectivity index (χ2n) is 4.14. The second kappa shape index (κ2) is 6.52. The van der Waals surface area contributed by atoms with Crippen LogP contribution in [0.15, 0.2) is 28.8 Å². The Labute approximate surface area is 121 Å². The lowest BCUT2D eigenvalue weighted by Gasteiger charge is -2.12. The van der Waals surface area contributed by atoms with Gasteiger partial charge in [-0.25, -0.2) is 0 Å². The number of benzene rings is 1. The molecule has 0 spiro atoms. The molecule has 0 aliphatic carbocycles. The van der Waals surface area contributed by atoms with Crippen molar-refractivity contribution in [1.82, 2.24) is 10.1 Å². The lowest BCUT2D eigenvalue weighted by atomic mass is 9.99. The molecule has 1 aromatic heterocycles. The van der Waals surface area contributed by atoms with Gasteiger partial charge in [0.05, 0.1) is 6.61 Å². The van der Waals surface area contributed by atoms with Gasteiger partial charge in [-0.15, -0.1) is 0 Å². The van der Waals surface area contributed by atoms with Gasteiger partial charge >= 0.3 is 5.97 Å². The van der Waals surface area contributed by atoms with Crippen LogP contribution in [0.4, 0.5) is 0 Å². The smallest absolute Gasteiger partial charge is 0.323 e. The molecular weight excluding hydrogens is 280 g/mol. The number of ether oxygens (including phenoxy) is 1. The van der Waals surface area contributed by atoms with E-state index in [1.807, 2.05) is 6.92 Å². The van der Waals surface area contributed by atoms with Crippen LogP contribution in [-0.4, -0.2) is 22.7 Å². The normalized spacial score (nSPS) is 12.2. The van der Waals surface area contributed by atoms with E-state index >= 15 is 0 Å². The topological polar surface area (TPSA) is 65.2 Å². The van der Waals surface area contributed by atoms with Crippen molar-refractivity contribution in [3.63, 3.8) is 0 Å². The summed E-state index contributed by atoms with van der Waals surface area (Å²) in [4.78, 5) is 16.4. The number of carbonyl (C=O) groups excluding carboxylic acids is 1. The Morgan fingerprint density at radius 3 is 2.60 bits per heavy atom. The number of rotatable bonds is 5. The van der Waals surface area contributed by atoms with Crippen LogP contribution in [0.3, 0.4) is 0 Å². The van der Waals surface area contributed by atoms with Crippen molar-refractivity contribution in [2.24, 2.45) is 0 Å². The third kappa shape index (κ3) is 3.17. The highest BCUT2D eigenvalue weighted by atomic mass is 35.5. The molecule has 0 aliphatic heterocycles. The lowest BCUT2D eigenvalue weighted by molar-refractivity contribution is -0.144. The van der Waals surface area contributed by atoms with Crippen LogP contribution in [0.5, 0.6) is 0 Å². The van der Waals surface area contributed by atoms with Crippen LogP contribution < -0.4 is 0 Å². The summed E-state index contributed by atoms with van der Waals surface area (Å²) in [5.74, 6) is -0.341. The number of nitrogens with zero attached hydrogens (tertiary/aromatic N) is 2. The van der Waals surface area contributed by atoms with Crippen molar-refractivity contribution in [3.05, 3.63) is 46.6 Å². The van der Waals surface area contributed by atoms with Crippen molar-refractivity contribution < 1.29 is 14.1 Å². The fraction of sp³-hybridized carbons (Fsp3) is 0.357.